The van der Waals surface area contributed by atoms with Gasteiger partial charge in [-0.15, -0.1) is 17.9 Å². The molecule has 0 spiro atoms. The molecule has 124 valence electrons. The van der Waals surface area contributed by atoms with E-state index in [1.165, 1.54) is 11.3 Å². The van der Waals surface area contributed by atoms with E-state index in [1.807, 2.05) is 35.7 Å². The molecule has 2 heterocycles. The largest absolute Gasteiger partial charge is 0.283 e. The second-order valence-electron chi connectivity index (χ2n) is 5.50. The molecule has 0 aliphatic carbocycles. The molecule has 3 aromatic rings. The van der Waals surface area contributed by atoms with Gasteiger partial charge < -0.3 is 0 Å². The van der Waals surface area contributed by atoms with Crippen LogP contribution in [0.5, 0.6) is 0 Å². The van der Waals surface area contributed by atoms with Gasteiger partial charge in [-0.25, -0.2) is 4.98 Å². The van der Waals surface area contributed by atoms with Crippen molar-refractivity contribution in [3.05, 3.63) is 58.7 Å². The third-order valence-electron chi connectivity index (χ3n) is 3.78. The summed E-state index contributed by atoms with van der Waals surface area (Å²) in [6.45, 7) is 6.44. The zero-order valence-corrected chi connectivity index (χ0v) is 15.3. The summed E-state index contributed by atoms with van der Waals surface area (Å²) in [6.07, 6.45) is 4.01. The molecule has 0 bridgehead atoms. The zero-order valence-electron chi connectivity index (χ0n) is 13.7. The highest BCUT2D eigenvalue weighted by Gasteiger charge is 2.16. The number of hydrogen-bond acceptors (Lipinski definition) is 4. The highest BCUT2D eigenvalue weighted by atomic mass is 32.2. The van der Waals surface area contributed by atoms with Crippen LogP contribution in [0.25, 0.3) is 21.3 Å². The fraction of sp³-hybridized carbons (Fsp3) is 0.263. The lowest BCUT2D eigenvalue weighted by Crippen LogP contribution is -2.22. The van der Waals surface area contributed by atoms with Crippen LogP contribution in [-0.4, -0.2) is 15.3 Å². The van der Waals surface area contributed by atoms with Crippen molar-refractivity contribution >= 4 is 33.3 Å². The van der Waals surface area contributed by atoms with Crippen molar-refractivity contribution in [1.29, 1.82) is 0 Å². The minimum Gasteiger partial charge on any atom is -0.283 e. The maximum Gasteiger partial charge on any atom is 0.263 e. The SMILES string of the molecule is C=CCn1c(SCCCC)nc2scc(-c3ccccc3)c2c1=O. The van der Waals surface area contributed by atoms with E-state index >= 15 is 0 Å². The number of rotatable bonds is 7. The van der Waals surface area contributed by atoms with Crippen LogP contribution in [0.2, 0.25) is 0 Å². The lowest BCUT2D eigenvalue weighted by Gasteiger charge is -2.10. The minimum atomic E-state index is 0.0269. The Morgan fingerprint density at radius 3 is 2.83 bits per heavy atom. The summed E-state index contributed by atoms with van der Waals surface area (Å²) in [5.41, 5.74) is 2.05. The lowest BCUT2D eigenvalue weighted by molar-refractivity contribution is 0.672. The van der Waals surface area contributed by atoms with Gasteiger partial charge in [0.25, 0.3) is 5.56 Å². The molecule has 1 aromatic carbocycles. The van der Waals surface area contributed by atoms with Crippen molar-refractivity contribution in [1.82, 2.24) is 9.55 Å². The van der Waals surface area contributed by atoms with E-state index in [-0.39, 0.29) is 5.56 Å². The maximum absolute atomic E-state index is 13.1. The third kappa shape index (κ3) is 3.32. The van der Waals surface area contributed by atoms with E-state index in [1.54, 1.807) is 22.4 Å². The van der Waals surface area contributed by atoms with Crippen LogP contribution in [0.4, 0.5) is 0 Å². The van der Waals surface area contributed by atoms with Crippen LogP contribution < -0.4 is 5.56 Å². The summed E-state index contributed by atoms with van der Waals surface area (Å²) in [5, 5.41) is 3.54. The Labute approximate surface area is 150 Å². The Morgan fingerprint density at radius 1 is 1.33 bits per heavy atom. The fourth-order valence-corrected chi connectivity index (χ4v) is 4.62. The van der Waals surface area contributed by atoms with Gasteiger partial charge in [-0.1, -0.05) is 61.5 Å². The highest BCUT2D eigenvalue weighted by molar-refractivity contribution is 7.99. The number of unbranched alkanes of at least 4 members (excludes halogenated alkanes) is 1. The molecule has 0 unspecified atom stereocenters. The Hall–Kier alpha value is -1.85. The molecule has 0 fully saturated rings. The molecule has 3 nitrogen and oxygen atoms in total. The number of fused-ring (bicyclic) bond motifs is 1. The van der Waals surface area contributed by atoms with Crippen molar-refractivity contribution in [2.24, 2.45) is 0 Å². The average Bonchev–Trinajstić information content (AvgIpc) is 3.03. The normalized spacial score (nSPS) is 11.0. The first-order valence-corrected chi connectivity index (χ1v) is 9.94. The molecule has 0 N–H and O–H groups in total. The van der Waals surface area contributed by atoms with E-state index in [4.69, 9.17) is 4.98 Å². The number of benzene rings is 1. The highest BCUT2D eigenvalue weighted by Crippen LogP contribution is 2.32. The Bertz CT molecular complexity index is 897. The number of allylic oxidation sites excluding steroid dienone is 1. The topological polar surface area (TPSA) is 34.9 Å². The number of aromatic nitrogens is 2. The molecule has 0 aliphatic rings. The van der Waals surface area contributed by atoms with E-state index in [0.717, 1.165) is 39.7 Å². The van der Waals surface area contributed by atoms with Gasteiger partial charge >= 0.3 is 0 Å². The van der Waals surface area contributed by atoms with Crippen molar-refractivity contribution < 1.29 is 0 Å². The van der Waals surface area contributed by atoms with Crippen LogP contribution in [0, 0.1) is 0 Å². The molecular weight excluding hydrogens is 336 g/mol. The number of hydrogen-bond donors (Lipinski definition) is 0. The molecule has 0 aliphatic heterocycles. The van der Waals surface area contributed by atoms with Crippen LogP contribution in [-0.2, 0) is 6.54 Å². The van der Waals surface area contributed by atoms with Gasteiger partial charge in [0.2, 0.25) is 0 Å². The van der Waals surface area contributed by atoms with Gasteiger partial charge in [0.15, 0.2) is 5.16 Å². The first kappa shape index (κ1) is 17.0. The van der Waals surface area contributed by atoms with Gasteiger partial charge in [0.1, 0.15) is 4.83 Å². The van der Waals surface area contributed by atoms with Crippen molar-refractivity contribution in [2.75, 3.05) is 5.75 Å². The predicted molar refractivity (Wildman–Crippen MR) is 105 cm³/mol. The summed E-state index contributed by atoms with van der Waals surface area (Å²) in [7, 11) is 0. The van der Waals surface area contributed by atoms with Crippen LogP contribution in [0.1, 0.15) is 19.8 Å². The number of thioether (sulfide) groups is 1. The molecule has 2 aromatic heterocycles. The maximum atomic E-state index is 13.1. The monoisotopic (exact) mass is 356 g/mol. The molecule has 0 amide bonds. The summed E-state index contributed by atoms with van der Waals surface area (Å²) < 4.78 is 1.74. The first-order valence-electron chi connectivity index (χ1n) is 8.07. The summed E-state index contributed by atoms with van der Waals surface area (Å²) in [4.78, 5) is 18.7. The summed E-state index contributed by atoms with van der Waals surface area (Å²) >= 11 is 3.20. The van der Waals surface area contributed by atoms with E-state index < -0.39 is 0 Å². The van der Waals surface area contributed by atoms with Crippen LogP contribution >= 0.6 is 23.1 Å². The van der Waals surface area contributed by atoms with Gasteiger partial charge in [0, 0.05) is 23.2 Å². The summed E-state index contributed by atoms with van der Waals surface area (Å²) in [5.74, 6) is 0.975. The van der Waals surface area contributed by atoms with E-state index in [0.29, 0.717) is 11.9 Å². The molecule has 0 saturated carbocycles. The fourth-order valence-electron chi connectivity index (χ4n) is 2.54. The Kier molecular flexibility index (Phi) is 5.53. The molecule has 0 saturated heterocycles. The van der Waals surface area contributed by atoms with Gasteiger partial charge in [-0.05, 0) is 12.0 Å². The van der Waals surface area contributed by atoms with Gasteiger partial charge in [0.05, 0.1) is 5.39 Å². The number of nitrogens with zero attached hydrogens (tertiary/aromatic N) is 2. The predicted octanol–water partition coefficient (Wildman–Crippen LogP) is 5.20. The quantitative estimate of drug-likeness (QED) is 0.252. The van der Waals surface area contributed by atoms with Crippen molar-refractivity contribution in [3.63, 3.8) is 0 Å². The molecule has 3 rings (SSSR count). The molecule has 0 atom stereocenters. The van der Waals surface area contributed by atoms with E-state index in [2.05, 4.69) is 13.5 Å². The van der Waals surface area contributed by atoms with Crippen LogP contribution in [0.15, 0.2) is 58.3 Å². The molecule has 24 heavy (non-hydrogen) atoms. The third-order valence-corrected chi connectivity index (χ3v) is 5.72. The second kappa shape index (κ2) is 7.81. The van der Waals surface area contributed by atoms with Crippen molar-refractivity contribution in [3.8, 4) is 11.1 Å². The van der Waals surface area contributed by atoms with Gasteiger partial charge in [-0.3, -0.25) is 9.36 Å². The minimum absolute atomic E-state index is 0.0269. The summed E-state index contributed by atoms with van der Waals surface area (Å²) in [6, 6.07) is 10.0. The first-order chi connectivity index (χ1) is 11.8. The smallest absolute Gasteiger partial charge is 0.263 e. The van der Waals surface area contributed by atoms with Crippen molar-refractivity contribution in [2.45, 2.75) is 31.5 Å². The molecule has 5 heteroatoms. The van der Waals surface area contributed by atoms with E-state index in [9.17, 15) is 4.79 Å². The number of thiophene rings is 1. The standard InChI is InChI=1S/C19H20N2OS2/c1-3-5-12-23-19-20-17-16(18(22)21(19)11-4-2)15(13-24-17)14-9-7-6-8-10-14/h4,6-10,13H,2-3,5,11-12H2,1H3. The average molecular weight is 357 g/mol. The Morgan fingerprint density at radius 2 is 2.12 bits per heavy atom. The lowest BCUT2D eigenvalue weighted by atomic mass is 10.1. The molecular formula is C19H20N2OS2. The zero-order chi connectivity index (χ0) is 16.9. The Balaban J connectivity index is 2.15. The second-order valence-corrected chi connectivity index (χ2v) is 7.42. The van der Waals surface area contributed by atoms with Crippen LogP contribution in [0.3, 0.4) is 0 Å². The van der Waals surface area contributed by atoms with Gasteiger partial charge in [-0.2, -0.15) is 0 Å². The molecule has 0 radical (unpaired) electrons.